The lowest BCUT2D eigenvalue weighted by molar-refractivity contribution is -0.122. The molecule has 0 aliphatic carbocycles. The highest BCUT2D eigenvalue weighted by Crippen LogP contribution is 2.23. The van der Waals surface area contributed by atoms with Gasteiger partial charge in [-0.25, -0.2) is 0 Å². The first-order valence-corrected chi connectivity index (χ1v) is 6.59. The Morgan fingerprint density at radius 1 is 1.37 bits per heavy atom. The van der Waals surface area contributed by atoms with Crippen molar-refractivity contribution in [3.63, 3.8) is 0 Å². The van der Waals surface area contributed by atoms with Gasteiger partial charge in [0.05, 0.1) is 6.04 Å². The molecule has 2 aromatic rings. The zero-order valence-electron chi connectivity index (χ0n) is 11.3. The van der Waals surface area contributed by atoms with Crippen molar-refractivity contribution >= 4 is 16.9 Å². The third-order valence-electron chi connectivity index (χ3n) is 3.08. The van der Waals surface area contributed by atoms with E-state index in [1.54, 1.807) is 0 Å². The molecule has 2 unspecified atom stereocenters. The fourth-order valence-corrected chi connectivity index (χ4v) is 1.96. The van der Waals surface area contributed by atoms with E-state index in [0.29, 0.717) is 12.8 Å². The van der Waals surface area contributed by atoms with Gasteiger partial charge in [-0.15, -0.1) is 0 Å². The van der Waals surface area contributed by atoms with Crippen molar-refractivity contribution in [2.24, 2.45) is 5.73 Å². The Morgan fingerprint density at radius 3 is 2.79 bits per heavy atom. The van der Waals surface area contributed by atoms with Gasteiger partial charge in [0.1, 0.15) is 11.3 Å². The van der Waals surface area contributed by atoms with Crippen LogP contribution >= 0.6 is 0 Å². The molecule has 0 fully saturated rings. The summed E-state index contributed by atoms with van der Waals surface area (Å²) in [6, 6.07) is 9.69. The largest absolute Gasteiger partial charge is 0.459 e. The maximum atomic E-state index is 11.7. The second-order valence-corrected chi connectivity index (χ2v) is 4.99. The molecular weight excluding hydrogens is 240 g/mol. The number of carbonyl (C=O) groups excluding carboxylic acids is 1. The SMILES string of the molecule is CC(N)CCC(=O)NC(C)c1cc2ccccc2o1. The summed E-state index contributed by atoms with van der Waals surface area (Å²) in [4.78, 5) is 11.7. The molecule has 4 nitrogen and oxygen atoms in total. The first-order chi connectivity index (χ1) is 9.06. The highest BCUT2D eigenvalue weighted by Gasteiger charge is 2.14. The van der Waals surface area contributed by atoms with E-state index in [0.717, 1.165) is 16.7 Å². The lowest BCUT2D eigenvalue weighted by atomic mass is 10.1. The van der Waals surface area contributed by atoms with Crippen LogP contribution in [0.4, 0.5) is 0 Å². The molecule has 0 aliphatic rings. The van der Waals surface area contributed by atoms with E-state index in [1.807, 2.05) is 44.2 Å². The highest BCUT2D eigenvalue weighted by atomic mass is 16.3. The third-order valence-corrected chi connectivity index (χ3v) is 3.08. The van der Waals surface area contributed by atoms with Crippen molar-refractivity contribution in [3.8, 4) is 0 Å². The third kappa shape index (κ3) is 3.58. The van der Waals surface area contributed by atoms with Crippen molar-refractivity contribution in [1.29, 1.82) is 0 Å². The standard InChI is InChI=1S/C15H20N2O2/c1-10(16)7-8-15(18)17-11(2)14-9-12-5-3-4-6-13(12)19-14/h3-6,9-11H,7-8,16H2,1-2H3,(H,17,18). The van der Waals surface area contributed by atoms with Gasteiger partial charge in [-0.05, 0) is 32.4 Å². The smallest absolute Gasteiger partial charge is 0.220 e. The summed E-state index contributed by atoms with van der Waals surface area (Å²) in [6.07, 6.45) is 1.14. The number of benzene rings is 1. The minimum absolute atomic E-state index is 0.00487. The zero-order valence-corrected chi connectivity index (χ0v) is 11.3. The molecule has 1 aromatic carbocycles. The average molecular weight is 260 g/mol. The van der Waals surface area contributed by atoms with Crippen LogP contribution in [0.1, 0.15) is 38.5 Å². The van der Waals surface area contributed by atoms with Gasteiger partial charge >= 0.3 is 0 Å². The molecule has 3 N–H and O–H groups in total. The van der Waals surface area contributed by atoms with Crippen LogP contribution in [0.25, 0.3) is 11.0 Å². The van der Waals surface area contributed by atoms with Crippen molar-refractivity contribution in [2.75, 3.05) is 0 Å². The summed E-state index contributed by atoms with van der Waals surface area (Å²) in [7, 11) is 0. The molecule has 102 valence electrons. The van der Waals surface area contributed by atoms with Crippen LogP contribution < -0.4 is 11.1 Å². The maximum absolute atomic E-state index is 11.7. The van der Waals surface area contributed by atoms with Crippen LogP contribution in [0.15, 0.2) is 34.7 Å². The van der Waals surface area contributed by atoms with Crippen LogP contribution in [0.5, 0.6) is 0 Å². The Kier molecular flexibility index (Phi) is 4.22. The molecular formula is C15H20N2O2. The minimum atomic E-state index is -0.131. The molecule has 0 saturated carbocycles. The van der Waals surface area contributed by atoms with Gasteiger partial charge in [0, 0.05) is 17.8 Å². The molecule has 2 atom stereocenters. The van der Waals surface area contributed by atoms with Crippen molar-refractivity contribution in [1.82, 2.24) is 5.32 Å². The van der Waals surface area contributed by atoms with Gasteiger partial charge in [0.25, 0.3) is 0 Å². The number of nitrogens with one attached hydrogen (secondary N) is 1. The van der Waals surface area contributed by atoms with Crippen molar-refractivity contribution < 1.29 is 9.21 Å². The number of nitrogens with two attached hydrogens (primary N) is 1. The van der Waals surface area contributed by atoms with E-state index < -0.39 is 0 Å². The van der Waals surface area contributed by atoms with E-state index in [2.05, 4.69) is 5.32 Å². The predicted octanol–water partition coefficient (Wildman–Crippen LogP) is 2.74. The topological polar surface area (TPSA) is 68.3 Å². The van der Waals surface area contributed by atoms with Crippen molar-refractivity contribution in [2.45, 2.75) is 38.8 Å². The molecule has 19 heavy (non-hydrogen) atoms. The molecule has 4 heteroatoms. The number of amides is 1. The van der Waals surface area contributed by atoms with Crippen LogP contribution in [-0.2, 0) is 4.79 Å². The number of furan rings is 1. The van der Waals surface area contributed by atoms with Crippen LogP contribution in [0, 0.1) is 0 Å². The average Bonchev–Trinajstić information content (AvgIpc) is 2.80. The molecule has 1 aromatic heterocycles. The number of para-hydroxylation sites is 1. The number of carbonyl (C=O) groups is 1. The van der Waals surface area contributed by atoms with Gasteiger partial charge in [-0.1, -0.05) is 18.2 Å². The van der Waals surface area contributed by atoms with Crippen LogP contribution in [0.3, 0.4) is 0 Å². The van der Waals surface area contributed by atoms with Gasteiger partial charge in [-0.2, -0.15) is 0 Å². The fraction of sp³-hybridized carbons (Fsp3) is 0.400. The highest BCUT2D eigenvalue weighted by molar-refractivity contribution is 5.79. The molecule has 0 bridgehead atoms. The summed E-state index contributed by atoms with van der Waals surface area (Å²) in [5.41, 5.74) is 6.48. The molecule has 0 radical (unpaired) electrons. The first kappa shape index (κ1) is 13.6. The molecule has 0 spiro atoms. The van der Waals surface area contributed by atoms with Gasteiger partial charge in [0.2, 0.25) is 5.91 Å². The summed E-state index contributed by atoms with van der Waals surface area (Å²) in [6.45, 7) is 3.82. The zero-order chi connectivity index (χ0) is 13.8. The first-order valence-electron chi connectivity index (χ1n) is 6.59. The lowest BCUT2D eigenvalue weighted by Crippen LogP contribution is -2.28. The van der Waals surface area contributed by atoms with Crippen LogP contribution in [0.2, 0.25) is 0 Å². The molecule has 0 saturated heterocycles. The maximum Gasteiger partial charge on any atom is 0.220 e. The van der Waals surface area contributed by atoms with E-state index in [4.69, 9.17) is 10.2 Å². The molecule has 1 amide bonds. The Labute approximate surface area is 113 Å². The minimum Gasteiger partial charge on any atom is -0.459 e. The van der Waals surface area contributed by atoms with Gasteiger partial charge in [0.15, 0.2) is 0 Å². The van der Waals surface area contributed by atoms with Gasteiger partial charge < -0.3 is 15.5 Å². The number of rotatable bonds is 5. The van der Waals surface area contributed by atoms with E-state index >= 15 is 0 Å². The summed E-state index contributed by atoms with van der Waals surface area (Å²) in [5, 5.41) is 3.97. The van der Waals surface area contributed by atoms with Crippen LogP contribution in [-0.4, -0.2) is 11.9 Å². The number of hydrogen-bond acceptors (Lipinski definition) is 3. The molecule has 0 aliphatic heterocycles. The number of hydrogen-bond donors (Lipinski definition) is 2. The monoisotopic (exact) mass is 260 g/mol. The lowest BCUT2D eigenvalue weighted by Gasteiger charge is -2.12. The predicted molar refractivity (Wildman–Crippen MR) is 75.7 cm³/mol. The van der Waals surface area contributed by atoms with Gasteiger partial charge in [-0.3, -0.25) is 4.79 Å². The summed E-state index contributed by atoms with van der Waals surface area (Å²) >= 11 is 0. The second-order valence-electron chi connectivity index (χ2n) is 4.99. The Bertz CT molecular complexity index is 527. The second kappa shape index (κ2) is 5.89. The Balaban J connectivity index is 1.99. The van der Waals surface area contributed by atoms with E-state index in [-0.39, 0.29) is 18.0 Å². The van der Waals surface area contributed by atoms with E-state index in [9.17, 15) is 4.79 Å². The number of fused-ring (bicyclic) bond motifs is 1. The quantitative estimate of drug-likeness (QED) is 0.868. The normalized spacial score (nSPS) is 14.3. The van der Waals surface area contributed by atoms with Crippen molar-refractivity contribution in [3.05, 3.63) is 36.1 Å². The Morgan fingerprint density at radius 2 is 2.11 bits per heavy atom. The fourth-order valence-electron chi connectivity index (χ4n) is 1.96. The Hall–Kier alpha value is -1.81. The van der Waals surface area contributed by atoms with E-state index in [1.165, 1.54) is 0 Å². The summed E-state index contributed by atoms with van der Waals surface area (Å²) < 4.78 is 5.72. The molecule has 1 heterocycles. The summed E-state index contributed by atoms with van der Waals surface area (Å²) in [5.74, 6) is 0.778. The molecule has 2 rings (SSSR count).